The molecule has 2 rings (SSSR count). The molecule has 0 bridgehead atoms. The number of nitriles is 1. The van der Waals surface area contributed by atoms with E-state index in [0.717, 1.165) is 29.3 Å². The molecular formula is C13H14BrNO. The molecule has 84 valence electrons. The van der Waals surface area contributed by atoms with Gasteiger partial charge in [-0.15, -0.1) is 0 Å². The van der Waals surface area contributed by atoms with Crippen molar-refractivity contribution in [3.63, 3.8) is 0 Å². The first-order valence-corrected chi connectivity index (χ1v) is 6.31. The van der Waals surface area contributed by atoms with Crippen molar-refractivity contribution in [3.8, 4) is 6.07 Å². The molecule has 2 nitrogen and oxygen atoms in total. The lowest BCUT2D eigenvalue weighted by Gasteiger charge is -2.34. The van der Waals surface area contributed by atoms with Crippen LogP contribution in [0.15, 0.2) is 28.7 Å². The van der Waals surface area contributed by atoms with Gasteiger partial charge in [0, 0.05) is 4.47 Å². The summed E-state index contributed by atoms with van der Waals surface area (Å²) < 4.78 is 1.01. The number of rotatable bonds is 1. The van der Waals surface area contributed by atoms with E-state index >= 15 is 0 Å². The largest absolute Gasteiger partial charge is 0.393 e. The first-order chi connectivity index (χ1) is 7.66. The number of aliphatic hydroxyl groups is 1. The standard InChI is InChI=1S/C13H14BrNO/c14-11-5-3-10(4-6-11)13(9-15)7-1-2-12(16)8-13/h3-6,12,16H,1-2,7-8H2. The fourth-order valence-corrected chi connectivity index (χ4v) is 2.71. The zero-order chi connectivity index (χ0) is 11.6. The molecule has 3 heteroatoms. The molecule has 0 spiro atoms. The fourth-order valence-electron chi connectivity index (χ4n) is 2.44. The van der Waals surface area contributed by atoms with Crippen LogP contribution in [0.2, 0.25) is 0 Å². The van der Waals surface area contributed by atoms with Crippen LogP contribution in [0.25, 0.3) is 0 Å². The van der Waals surface area contributed by atoms with E-state index in [1.165, 1.54) is 0 Å². The van der Waals surface area contributed by atoms with Gasteiger partial charge >= 0.3 is 0 Å². The molecule has 1 N–H and O–H groups in total. The number of aliphatic hydroxyl groups excluding tert-OH is 1. The van der Waals surface area contributed by atoms with E-state index in [2.05, 4.69) is 22.0 Å². The third-order valence-corrected chi connectivity index (χ3v) is 3.86. The summed E-state index contributed by atoms with van der Waals surface area (Å²) in [6.07, 6.45) is 2.81. The minimum absolute atomic E-state index is 0.336. The number of nitrogens with zero attached hydrogens (tertiary/aromatic N) is 1. The molecule has 1 aliphatic rings. The number of halogens is 1. The summed E-state index contributed by atoms with van der Waals surface area (Å²) in [5.41, 5.74) is 0.537. The quantitative estimate of drug-likeness (QED) is 0.858. The van der Waals surface area contributed by atoms with Gasteiger partial charge in [-0.3, -0.25) is 0 Å². The summed E-state index contributed by atoms with van der Waals surface area (Å²) in [6.45, 7) is 0. The highest BCUT2D eigenvalue weighted by molar-refractivity contribution is 9.10. The van der Waals surface area contributed by atoms with Crippen molar-refractivity contribution >= 4 is 15.9 Å². The second-order valence-corrected chi connectivity index (χ2v) is 5.37. The Morgan fingerprint density at radius 3 is 2.62 bits per heavy atom. The normalized spacial score (nSPS) is 29.7. The summed E-state index contributed by atoms with van der Waals surface area (Å²) in [6, 6.07) is 10.3. The molecule has 2 unspecified atom stereocenters. The summed E-state index contributed by atoms with van der Waals surface area (Å²) >= 11 is 3.39. The summed E-state index contributed by atoms with van der Waals surface area (Å²) in [5.74, 6) is 0. The maximum absolute atomic E-state index is 9.73. The molecule has 16 heavy (non-hydrogen) atoms. The maximum Gasteiger partial charge on any atom is 0.0847 e. The van der Waals surface area contributed by atoms with Crippen LogP contribution in [0.3, 0.4) is 0 Å². The number of benzene rings is 1. The van der Waals surface area contributed by atoms with Gasteiger partial charge in [-0.05, 0) is 43.4 Å². The topological polar surface area (TPSA) is 44.0 Å². The Kier molecular flexibility index (Phi) is 3.32. The van der Waals surface area contributed by atoms with E-state index in [1.807, 2.05) is 24.3 Å². The fraction of sp³-hybridized carbons (Fsp3) is 0.462. The molecule has 0 aromatic heterocycles. The summed E-state index contributed by atoms with van der Waals surface area (Å²) in [4.78, 5) is 0. The van der Waals surface area contributed by atoms with Crippen molar-refractivity contribution in [2.24, 2.45) is 0 Å². The van der Waals surface area contributed by atoms with E-state index in [-0.39, 0.29) is 6.10 Å². The maximum atomic E-state index is 9.73. The van der Waals surface area contributed by atoms with Gasteiger partial charge < -0.3 is 5.11 Å². The lowest BCUT2D eigenvalue weighted by atomic mass is 9.69. The smallest absolute Gasteiger partial charge is 0.0847 e. The van der Waals surface area contributed by atoms with Crippen LogP contribution in [-0.4, -0.2) is 11.2 Å². The Morgan fingerprint density at radius 2 is 2.06 bits per heavy atom. The van der Waals surface area contributed by atoms with Gasteiger partial charge in [0.1, 0.15) is 0 Å². The van der Waals surface area contributed by atoms with Crippen molar-refractivity contribution < 1.29 is 5.11 Å². The molecule has 0 aliphatic heterocycles. The first kappa shape index (κ1) is 11.6. The Balaban J connectivity index is 2.34. The molecule has 1 fully saturated rings. The van der Waals surface area contributed by atoms with Gasteiger partial charge in [0.2, 0.25) is 0 Å². The van der Waals surface area contributed by atoms with E-state index < -0.39 is 5.41 Å². The molecule has 0 radical (unpaired) electrons. The van der Waals surface area contributed by atoms with Gasteiger partial charge in [0.15, 0.2) is 0 Å². The SMILES string of the molecule is N#CC1(c2ccc(Br)cc2)CCCC(O)C1. The monoisotopic (exact) mass is 279 g/mol. The number of hydrogen-bond donors (Lipinski definition) is 1. The van der Waals surface area contributed by atoms with Crippen molar-refractivity contribution in [1.29, 1.82) is 5.26 Å². The van der Waals surface area contributed by atoms with E-state index in [0.29, 0.717) is 6.42 Å². The van der Waals surface area contributed by atoms with Gasteiger partial charge in [-0.1, -0.05) is 28.1 Å². The highest BCUT2D eigenvalue weighted by atomic mass is 79.9. The minimum Gasteiger partial charge on any atom is -0.393 e. The van der Waals surface area contributed by atoms with Crippen LogP contribution >= 0.6 is 15.9 Å². The molecule has 0 amide bonds. The average molecular weight is 280 g/mol. The molecule has 0 heterocycles. The lowest BCUT2D eigenvalue weighted by molar-refractivity contribution is 0.102. The molecule has 1 aliphatic carbocycles. The van der Waals surface area contributed by atoms with E-state index in [1.54, 1.807) is 0 Å². The van der Waals surface area contributed by atoms with Crippen molar-refractivity contribution in [2.45, 2.75) is 37.2 Å². The second kappa shape index (κ2) is 4.57. The van der Waals surface area contributed by atoms with Crippen LogP contribution in [0, 0.1) is 11.3 Å². The lowest BCUT2D eigenvalue weighted by Crippen LogP contribution is -2.33. The van der Waals surface area contributed by atoms with Crippen LogP contribution in [0.1, 0.15) is 31.2 Å². The highest BCUT2D eigenvalue weighted by Crippen LogP contribution is 2.39. The van der Waals surface area contributed by atoms with Gasteiger partial charge in [0.25, 0.3) is 0 Å². The highest BCUT2D eigenvalue weighted by Gasteiger charge is 2.37. The second-order valence-electron chi connectivity index (χ2n) is 4.45. The van der Waals surface area contributed by atoms with Gasteiger partial charge in [-0.2, -0.15) is 5.26 Å². The van der Waals surface area contributed by atoms with E-state index in [9.17, 15) is 10.4 Å². The predicted octanol–water partition coefficient (Wildman–Crippen LogP) is 3.15. The van der Waals surface area contributed by atoms with Crippen molar-refractivity contribution in [1.82, 2.24) is 0 Å². The van der Waals surface area contributed by atoms with Crippen LogP contribution in [0.5, 0.6) is 0 Å². The Bertz CT molecular complexity index is 409. The Morgan fingerprint density at radius 1 is 1.38 bits per heavy atom. The summed E-state index contributed by atoms with van der Waals surface area (Å²) in [5, 5.41) is 19.1. The molecule has 1 aromatic rings. The molecular weight excluding hydrogens is 266 g/mol. The third-order valence-electron chi connectivity index (χ3n) is 3.34. The van der Waals surface area contributed by atoms with Crippen LogP contribution in [0.4, 0.5) is 0 Å². The average Bonchev–Trinajstić information content (AvgIpc) is 2.29. The van der Waals surface area contributed by atoms with Crippen LogP contribution in [-0.2, 0) is 5.41 Å². The summed E-state index contributed by atoms with van der Waals surface area (Å²) in [7, 11) is 0. The zero-order valence-electron chi connectivity index (χ0n) is 8.99. The molecule has 1 aromatic carbocycles. The van der Waals surface area contributed by atoms with Crippen LogP contribution < -0.4 is 0 Å². The van der Waals surface area contributed by atoms with Gasteiger partial charge in [0.05, 0.1) is 17.6 Å². The van der Waals surface area contributed by atoms with Crippen molar-refractivity contribution in [2.75, 3.05) is 0 Å². The Hall–Kier alpha value is -0.850. The molecule has 0 saturated heterocycles. The molecule has 2 atom stereocenters. The Labute approximate surface area is 104 Å². The molecule has 1 saturated carbocycles. The third kappa shape index (κ3) is 2.14. The predicted molar refractivity (Wildman–Crippen MR) is 65.9 cm³/mol. The van der Waals surface area contributed by atoms with Crippen molar-refractivity contribution in [3.05, 3.63) is 34.3 Å². The van der Waals surface area contributed by atoms with E-state index in [4.69, 9.17) is 0 Å². The minimum atomic E-state index is -0.488. The number of hydrogen-bond acceptors (Lipinski definition) is 2. The first-order valence-electron chi connectivity index (χ1n) is 5.52. The zero-order valence-corrected chi connectivity index (χ0v) is 10.6. The van der Waals surface area contributed by atoms with Gasteiger partial charge in [-0.25, -0.2) is 0 Å².